The molecule has 106 valence electrons. The van der Waals surface area contributed by atoms with Crippen LogP contribution in [0.1, 0.15) is 0 Å². The second-order valence-electron chi connectivity index (χ2n) is 3.87. The molecule has 0 fully saturated rings. The number of hydrogen-bond acceptors (Lipinski definition) is 6. The minimum atomic E-state index is -1.44. The first-order valence-electron chi connectivity index (χ1n) is 5.69. The number of ether oxygens (including phenoxy) is 1. The van der Waals surface area contributed by atoms with E-state index in [9.17, 15) is 9.59 Å². The molecule has 0 saturated carbocycles. The van der Waals surface area contributed by atoms with Crippen molar-refractivity contribution in [1.29, 1.82) is 0 Å². The van der Waals surface area contributed by atoms with E-state index in [0.29, 0.717) is 0 Å². The lowest BCUT2D eigenvalue weighted by Gasteiger charge is -2.02. The van der Waals surface area contributed by atoms with Crippen LogP contribution in [0.4, 0.5) is 4.79 Å². The zero-order valence-corrected chi connectivity index (χ0v) is 10.4. The molecule has 0 saturated heterocycles. The largest absolute Gasteiger partial charge is 0.511 e. The first-order chi connectivity index (χ1) is 10.1. The zero-order chi connectivity index (χ0) is 14.8. The fraction of sp³-hybridized carbons (Fsp3) is 0. The van der Waals surface area contributed by atoms with Crippen molar-refractivity contribution in [3.8, 4) is 17.3 Å². The summed E-state index contributed by atoms with van der Waals surface area (Å²) < 4.78 is 6.93. The Hall–Kier alpha value is -3.43. The molecule has 3 aromatic heterocycles. The summed E-state index contributed by atoms with van der Waals surface area (Å²) in [5, 5.41) is 18.6. The van der Waals surface area contributed by atoms with E-state index in [0.717, 1.165) is 0 Å². The minimum Gasteiger partial charge on any atom is -0.449 e. The van der Waals surface area contributed by atoms with Crippen LogP contribution in [-0.4, -0.2) is 41.0 Å². The molecule has 10 nitrogen and oxygen atoms in total. The molecule has 0 aliphatic rings. The van der Waals surface area contributed by atoms with Gasteiger partial charge in [0.1, 0.15) is 0 Å². The van der Waals surface area contributed by atoms with Crippen molar-refractivity contribution in [2.75, 3.05) is 0 Å². The van der Waals surface area contributed by atoms with Gasteiger partial charge in [-0.15, -0.1) is 5.10 Å². The number of nitrogens with one attached hydrogen (secondary N) is 1. The molecule has 0 aromatic carbocycles. The molecular weight excluding hydrogens is 280 g/mol. The van der Waals surface area contributed by atoms with Crippen molar-refractivity contribution in [3.63, 3.8) is 0 Å². The topological polar surface area (TPSA) is 128 Å². The molecule has 0 radical (unpaired) electrons. The molecule has 0 spiro atoms. The molecule has 10 heteroatoms. The van der Waals surface area contributed by atoms with Crippen LogP contribution in [0, 0.1) is 0 Å². The van der Waals surface area contributed by atoms with Crippen molar-refractivity contribution in [2.24, 2.45) is 0 Å². The first-order valence-corrected chi connectivity index (χ1v) is 5.69. The van der Waals surface area contributed by atoms with Gasteiger partial charge in [0.15, 0.2) is 17.3 Å². The Morgan fingerprint density at radius 3 is 2.86 bits per heavy atom. The van der Waals surface area contributed by atoms with E-state index in [4.69, 9.17) is 5.11 Å². The maximum absolute atomic E-state index is 12.2. The summed E-state index contributed by atoms with van der Waals surface area (Å²) in [5.41, 5.74) is -0.0972. The van der Waals surface area contributed by atoms with Crippen molar-refractivity contribution >= 4 is 6.16 Å². The SMILES string of the molecule is O=C(O)Oc1ccc(-n2[nH]cc(-n3ccnn3)c2=O)nc1. The number of nitrogens with zero attached hydrogens (tertiary/aromatic N) is 5. The lowest BCUT2D eigenvalue weighted by molar-refractivity contribution is 0.144. The third-order valence-corrected chi connectivity index (χ3v) is 2.58. The van der Waals surface area contributed by atoms with Crippen LogP contribution in [0.25, 0.3) is 11.5 Å². The second kappa shape index (κ2) is 4.92. The average Bonchev–Trinajstić information content (AvgIpc) is 3.08. The van der Waals surface area contributed by atoms with Crippen LogP contribution < -0.4 is 10.3 Å². The third-order valence-electron chi connectivity index (χ3n) is 2.58. The van der Waals surface area contributed by atoms with Gasteiger partial charge in [-0.3, -0.25) is 9.89 Å². The molecule has 0 aliphatic carbocycles. The Balaban J connectivity index is 1.94. The molecule has 3 rings (SSSR count). The number of H-pyrrole nitrogens is 1. The maximum atomic E-state index is 12.2. The van der Waals surface area contributed by atoms with E-state index >= 15 is 0 Å². The molecule has 0 aliphatic heterocycles. The number of rotatable bonds is 3. The summed E-state index contributed by atoms with van der Waals surface area (Å²) in [6.07, 6.45) is 4.21. The fourth-order valence-electron chi connectivity index (χ4n) is 1.70. The van der Waals surface area contributed by atoms with E-state index in [1.165, 1.54) is 46.3 Å². The van der Waals surface area contributed by atoms with E-state index in [-0.39, 0.29) is 22.8 Å². The third kappa shape index (κ3) is 2.36. The smallest absolute Gasteiger partial charge is 0.449 e. The highest BCUT2D eigenvalue weighted by Crippen LogP contribution is 2.11. The van der Waals surface area contributed by atoms with Gasteiger partial charge in [0.25, 0.3) is 5.56 Å². The molecule has 21 heavy (non-hydrogen) atoms. The van der Waals surface area contributed by atoms with Crippen LogP contribution in [-0.2, 0) is 0 Å². The molecule has 2 N–H and O–H groups in total. The predicted molar refractivity (Wildman–Crippen MR) is 67.8 cm³/mol. The van der Waals surface area contributed by atoms with Gasteiger partial charge < -0.3 is 9.84 Å². The van der Waals surface area contributed by atoms with E-state index in [1.54, 1.807) is 0 Å². The number of carbonyl (C=O) groups is 1. The normalized spacial score (nSPS) is 10.5. The van der Waals surface area contributed by atoms with Crippen molar-refractivity contribution in [2.45, 2.75) is 0 Å². The van der Waals surface area contributed by atoms with E-state index in [1.807, 2.05) is 0 Å². The van der Waals surface area contributed by atoms with Gasteiger partial charge >= 0.3 is 6.16 Å². The van der Waals surface area contributed by atoms with Gasteiger partial charge in [0.05, 0.1) is 24.8 Å². The number of pyridine rings is 1. The summed E-state index contributed by atoms with van der Waals surface area (Å²) in [6.45, 7) is 0. The molecule has 0 atom stereocenters. The molecule has 0 amide bonds. The van der Waals surface area contributed by atoms with Crippen molar-refractivity contribution < 1.29 is 14.6 Å². The Kier molecular flexibility index (Phi) is 2.95. The summed E-state index contributed by atoms with van der Waals surface area (Å²) >= 11 is 0. The van der Waals surface area contributed by atoms with E-state index < -0.39 is 6.16 Å². The lowest BCUT2D eigenvalue weighted by Crippen LogP contribution is -2.19. The Morgan fingerprint density at radius 1 is 1.38 bits per heavy atom. The van der Waals surface area contributed by atoms with Crippen molar-refractivity contribution in [3.05, 3.63) is 47.3 Å². The van der Waals surface area contributed by atoms with Crippen molar-refractivity contribution in [1.82, 2.24) is 29.8 Å². The standard InChI is InChI=1S/C11H8N6O4/c18-10-8(16-4-3-13-15-16)6-14-17(10)9-2-1-7(5-12-9)21-11(19)20/h1-6,14H,(H,19,20). The molecule has 0 bridgehead atoms. The van der Waals surface area contributed by atoms with Gasteiger partial charge in [-0.05, 0) is 12.1 Å². The Morgan fingerprint density at radius 2 is 2.24 bits per heavy atom. The molecule has 0 unspecified atom stereocenters. The van der Waals surface area contributed by atoms with Gasteiger partial charge in [0, 0.05) is 0 Å². The van der Waals surface area contributed by atoms with Crippen LogP contribution in [0.3, 0.4) is 0 Å². The molecule has 3 aromatic rings. The maximum Gasteiger partial charge on any atom is 0.511 e. The van der Waals surface area contributed by atoms with Crippen LogP contribution in [0.5, 0.6) is 5.75 Å². The van der Waals surface area contributed by atoms with Gasteiger partial charge in [-0.1, -0.05) is 5.21 Å². The van der Waals surface area contributed by atoms with E-state index in [2.05, 4.69) is 25.1 Å². The predicted octanol–water partition coefficient (Wildman–Crippen LogP) is 0.198. The number of aromatic amines is 1. The molecular formula is C11H8N6O4. The number of carboxylic acid groups (broad SMARTS) is 1. The summed E-state index contributed by atoms with van der Waals surface area (Å²) in [7, 11) is 0. The highest BCUT2D eigenvalue weighted by atomic mass is 16.7. The number of hydrogen-bond donors (Lipinski definition) is 2. The highest BCUT2D eigenvalue weighted by molar-refractivity contribution is 5.60. The average molecular weight is 288 g/mol. The lowest BCUT2D eigenvalue weighted by atomic mass is 10.4. The quantitative estimate of drug-likeness (QED) is 0.658. The summed E-state index contributed by atoms with van der Waals surface area (Å²) in [4.78, 5) is 26.5. The summed E-state index contributed by atoms with van der Waals surface area (Å²) in [6, 6.07) is 2.83. The Bertz CT molecular complexity index is 817. The van der Waals surface area contributed by atoms with Crippen LogP contribution in [0.2, 0.25) is 0 Å². The Labute approximate surface area is 116 Å². The monoisotopic (exact) mass is 288 g/mol. The van der Waals surface area contributed by atoms with Gasteiger partial charge in [0.2, 0.25) is 0 Å². The molecule has 3 heterocycles. The van der Waals surface area contributed by atoms with Gasteiger partial charge in [-0.2, -0.15) is 4.68 Å². The zero-order valence-electron chi connectivity index (χ0n) is 10.4. The van der Waals surface area contributed by atoms with Crippen LogP contribution in [0.15, 0.2) is 41.7 Å². The number of aromatic nitrogens is 6. The van der Waals surface area contributed by atoms with Crippen LogP contribution >= 0.6 is 0 Å². The summed E-state index contributed by atoms with van der Waals surface area (Å²) in [5.74, 6) is 0.339. The van der Waals surface area contributed by atoms with Gasteiger partial charge in [-0.25, -0.2) is 14.5 Å². The first kappa shape index (κ1) is 12.6. The highest BCUT2D eigenvalue weighted by Gasteiger charge is 2.11. The second-order valence-corrected chi connectivity index (χ2v) is 3.87. The minimum absolute atomic E-state index is 0.0577. The fourth-order valence-corrected chi connectivity index (χ4v) is 1.70.